The molecule has 7 nitrogen and oxygen atoms in total. The van der Waals surface area contributed by atoms with Crippen molar-refractivity contribution in [2.75, 3.05) is 13.7 Å². The van der Waals surface area contributed by atoms with Crippen molar-refractivity contribution in [1.29, 1.82) is 0 Å². The molecule has 2 heterocycles. The second-order valence-electron chi connectivity index (χ2n) is 4.34. The van der Waals surface area contributed by atoms with Crippen molar-refractivity contribution >= 4 is 5.97 Å². The first-order chi connectivity index (χ1) is 8.52. The molecule has 2 saturated heterocycles. The SMILES string of the molecule is CO[C@@H]1[C@@H]2OC(C)OC[C@H]2OC(O)[C@H]1OC(C)=O. The summed E-state index contributed by atoms with van der Waals surface area (Å²) < 4.78 is 26.5. The predicted octanol–water partition coefficient (Wildman–Crippen LogP) is -0.588. The maximum absolute atomic E-state index is 11.0. The molecule has 6 atom stereocenters. The Bertz CT molecular complexity index is 308. The first kappa shape index (κ1) is 13.7. The Balaban J connectivity index is 2.14. The molecule has 0 amide bonds. The fraction of sp³-hybridized carbons (Fsp3) is 0.909. The standard InChI is InChI=1S/C11H18O7/c1-5(12)16-10-9(14-3)8-7(18-11(10)13)4-15-6(2)17-8/h6-11,13H,4H2,1-3H3/t6?,7-,8-,9-,10+,11?/m1/s1. The van der Waals surface area contributed by atoms with E-state index in [-0.39, 0.29) is 6.29 Å². The summed E-state index contributed by atoms with van der Waals surface area (Å²) in [4.78, 5) is 11.0. The molecule has 104 valence electrons. The van der Waals surface area contributed by atoms with Crippen molar-refractivity contribution in [3.63, 3.8) is 0 Å². The second kappa shape index (κ2) is 5.50. The third kappa shape index (κ3) is 2.65. The van der Waals surface area contributed by atoms with E-state index in [1.807, 2.05) is 0 Å². The lowest BCUT2D eigenvalue weighted by Gasteiger charge is -2.46. The Morgan fingerprint density at radius 3 is 2.67 bits per heavy atom. The average Bonchev–Trinajstić information content (AvgIpc) is 2.30. The van der Waals surface area contributed by atoms with Crippen molar-refractivity contribution in [3.8, 4) is 0 Å². The van der Waals surface area contributed by atoms with Crippen LogP contribution in [0.1, 0.15) is 13.8 Å². The van der Waals surface area contributed by atoms with Gasteiger partial charge in [-0.2, -0.15) is 0 Å². The van der Waals surface area contributed by atoms with E-state index in [0.717, 1.165) is 0 Å². The van der Waals surface area contributed by atoms with Gasteiger partial charge in [0, 0.05) is 14.0 Å². The first-order valence-electron chi connectivity index (χ1n) is 5.83. The third-order valence-electron chi connectivity index (χ3n) is 3.03. The lowest BCUT2D eigenvalue weighted by atomic mass is 9.98. The molecule has 2 unspecified atom stereocenters. The fourth-order valence-corrected chi connectivity index (χ4v) is 2.27. The number of fused-ring (bicyclic) bond motifs is 1. The molecule has 18 heavy (non-hydrogen) atoms. The van der Waals surface area contributed by atoms with Crippen LogP contribution >= 0.6 is 0 Å². The summed E-state index contributed by atoms with van der Waals surface area (Å²) in [5, 5.41) is 9.83. The van der Waals surface area contributed by atoms with E-state index in [0.29, 0.717) is 6.61 Å². The molecule has 0 saturated carbocycles. The van der Waals surface area contributed by atoms with Crippen LogP contribution in [0.4, 0.5) is 0 Å². The van der Waals surface area contributed by atoms with Crippen LogP contribution in [-0.2, 0) is 28.5 Å². The van der Waals surface area contributed by atoms with E-state index in [1.165, 1.54) is 14.0 Å². The molecule has 2 aliphatic heterocycles. The molecule has 2 rings (SSSR count). The number of ether oxygens (including phenoxy) is 5. The zero-order valence-electron chi connectivity index (χ0n) is 10.6. The van der Waals surface area contributed by atoms with Gasteiger partial charge in [-0.1, -0.05) is 0 Å². The summed E-state index contributed by atoms with van der Waals surface area (Å²) in [6.07, 6.45) is -4.01. The van der Waals surface area contributed by atoms with Gasteiger partial charge >= 0.3 is 5.97 Å². The summed E-state index contributed by atoms with van der Waals surface area (Å²) in [7, 11) is 1.47. The van der Waals surface area contributed by atoms with Gasteiger partial charge in [0.2, 0.25) is 0 Å². The van der Waals surface area contributed by atoms with E-state index in [1.54, 1.807) is 6.92 Å². The number of methoxy groups -OCH3 is 1. The van der Waals surface area contributed by atoms with E-state index in [9.17, 15) is 9.90 Å². The number of aliphatic hydroxyl groups is 1. The van der Waals surface area contributed by atoms with E-state index < -0.39 is 36.7 Å². The molecule has 0 aromatic heterocycles. The van der Waals surface area contributed by atoms with Crippen LogP contribution in [-0.4, -0.2) is 61.8 Å². The molecular formula is C11H18O7. The van der Waals surface area contributed by atoms with Crippen LogP contribution in [0.15, 0.2) is 0 Å². The molecule has 1 N–H and O–H groups in total. The molecule has 0 aliphatic carbocycles. The Morgan fingerprint density at radius 1 is 1.33 bits per heavy atom. The maximum Gasteiger partial charge on any atom is 0.303 e. The maximum atomic E-state index is 11.0. The van der Waals surface area contributed by atoms with E-state index in [2.05, 4.69) is 0 Å². The number of esters is 1. The normalized spacial score (nSPS) is 44.2. The number of carbonyl (C=O) groups is 1. The molecule has 0 radical (unpaired) electrons. The Kier molecular flexibility index (Phi) is 4.18. The highest BCUT2D eigenvalue weighted by Crippen LogP contribution is 2.30. The molecule has 0 spiro atoms. The summed E-state index contributed by atoms with van der Waals surface area (Å²) in [5.74, 6) is -0.511. The summed E-state index contributed by atoms with van der Waals surface area (Å²) in [6, 6.07) is 0. The Morgan fingerprint density at radius 2 is 2.06 bits per heavy atom. The lowest BCUT2D eigenvalue weighted by molar-refractivity contribution is -0.352. The minimum atomic E-state index is -1.25. The number of hydrogen-bond acceptors (Lipinski definition) is 7. The zero-order chi connectivity index (χ0) is 13.3. The second-order valence-corrected chi connectivity index (χ2v) is 4.34. The average molecular weight is 262 g/mol. The number of hydrogen-bond donors (Lipinski definition) is 1. The zero-order valence-corrected chi connectivity index (χ0v) is 10.6. The van der Waals surface area contributed by atoms with Gasteiger partial charge in [-0.25, -0.2) is 0 Å². The van der Waals surface area contributed by atoms with Crippen LogP contribution < -0.4 is 0 Å². The van der Waals surface area contributed by atoms with Gasteiger partial charge in [-0.3, -0.25) is 4.79 Å². The summed E-state index contributed by atoms with van der Waals surface area (Å²) in [6.45, 7) is 3.32. The van der Waals surface area contributed by atoms with Gasteiger partial charge in [0.25, 0.3) is 0 Å². The third-order valence-corrected chi connectivity index (χ3v) is 3.03. The molecule has 0 bridgehead atoms. The van der Waals surface area contributed by atoms with Crippen LogP contribution in [0.25, 0.3) is 0 Å². The van der Waals surface area contributed by atoms with Crippen molar-refractivity contribution in [2.45, 2.75) is 50.8 Å². The van der Waals surface area contributed by atoms with Gasteiger partial charge < -0.3 is 28.8 Å². The largest absolute Gasteiger partial charge is 0.454 e. The first-order valence-corrected chi connectivity index (χ1v) is 5.83. The van der Waals surface area contributed by atoms with Gasteiger partial charge in [0.15, 0.2) is 18.7 Å². The molecule has 2 fully saturated rings. The van der Waals surface area contributed by atoms with E-state index in [4.69, 9.17) is 23.7 Å². The van der Waals surface area contributed by atoms with Gasteiger partial charge in [0.1, 0.15) is 18.3 Å². The molecular weight excluding hydrogens is 244 g/mol. The Labute approximate surface area is 105 Å². The highest BCUT2D eigenvalue weighted by atomic mass is 16.7. The van der Waals surface area contributed by atoms with Crippen molar-refractivity contribution in [2.24, 2.45) is 0 Å². The van der Waals surface area contributed by atoms with Crippen LogP contribution in [0, 0.1) is 0 Å². The van der Waals surface area contributed by atoms with Crippen molar-refractivity contribution in [1.82, 2.24) is 0 Å². The van der Waals surface area contributed by atoms with Gasteiger partial charge in [-0.05, 0) is 6.92 Å². The van der Waals surface area contributed by atoms with Gasteiger partial charge in [-0.15, -0.1) is 0 Å². The van der Waals surface area contributed by atoms with Crippen LogP contribution in [0.2, 0.25) is 0 Å². The minimum absolute atomic E-state index is 0.301. The quantitative estimate of drug-likeness (QED) is 0.666. The monoisotopic (exact) mass is 262 g/mol. The topological polar surface area (TPSA) is 83.5 Å². The fourth-order valence-electron chi connectivity index (χ4n) is 2.27. The van der Waals surface area contributed by atoms with Gasteiger partial charge in [0.05, 0.1) is 6.61 Å². The summed E-state index contributed by atoms with van der Waals surface area (Å²) in [5.41, 5.74) is 0. The summed E-state index contributed by atoms with van der Waals surface area (Å²) >= 11 is 0. The highest BCUT2D eigenvalue weighted by Gasteiger charge is 2.50. The molecule has 7 heteroatoms. The molecule has 2 aliphatic rings. The van der Waals surface area contributed by atoms with Crippen LogP contribution in [0.5, 0.6) is 0 Å². The van der Waals surface area contributed by atoms with Crippen LogP contribution in [0.3, 0.4) is 0 Å². The van der Waals surface area contributed by atoms with Crippen molar-refractivity contribution < 1.29 is 33.6 Å². The predicted molar refractivity (Wildman–Crippen MR) is 57.5 cm³/mol. The van der Waals surface area contributed by atoms with Crippen molar-refractivity contribution in [3.05, 3.63) is 0 Å². The lowest BCUT2D eigenvalue weighted by Crippen LogP contribution is -2.63. The highest BCUT2D eigenvalue weighted by molar-refractivity contribution is 5.66. The minimum Gasteiger partial charge on any atom is -0.454 e. The smallest absolute Gasteiger partial charge is 0.303 e. The number of aliphatic hydroxyl groups excluding tert-OH is 1. The molecule has 0 aromatic carbocycles. The number of rotatable bonds is 2. The Hall–Kier alpha value is -0.730. The number of carbonyl (C=O) groups excluding carboxylic acids is 1. The van der Waals surface area contributed by atoms with E-state index >= 15 is 0 Å². The molecule has 0 aromatic rings.